The van der Waals surface area contributed by atoms with Gasteiger partial charge in [0.25, 0.3) is 0 Å². The molecule has 0 aliphatic carbocycles. The van der Waals surface area contributed by atoms with Crippen molar-refractivity contribution in [3.05, 3.63) is 0 Å². The van der Waals surface area contributed by atoms with Crippen LogP contribution in [0.25, 0.3) is 0 Å². The van der Waals surface area contributed by atoms with Crippen LogP contribution in [0.15, 0.2) is 0 Å². The van der Waals surface area contributed by atoms with E-state index in [1.54, 1.807) is 0 Å². The fourth-order valence-corrected chi connectivity index (χ4v) is 1.43. The van der Waals surface area contributed by atoms with Gasteiger partial charge in [-0.1, -0.05) is 6.92 Å². The van der Waals surface area contributed by atoms with E-state index in [-0.39, 0.29) is 6.42 Å². The average molecular weight is 196 g/mol. The van der Waals surface area contributed by atoms with E-state index >= 15 is 0 Å². The van der Waals surface area contributed by atoms with Crippen LogP contribution in [-0.4, -0.2) is 28.0 Å². The molecular formula is C6H13O5P. The molecule has 0 aromatic carbocycles. The summed E-state index contributed by atoms with van der Waals surface area (Å²) < 4.78 is 15.2. The first kappa shape index (κ1) is 11.6. The molecule has 0 saturated heterocycles. The van der Waals surface area contributed by atoms with Gasteiger partial charge in [-0.05, 0) is 13.3 Å². The van der Waals surface area contributed by atoms with E-state index in [2.05, 4.69) is 4.74 Å². The van der Waals surface area contributed by atoms with Crippen molar-refractivity contribution in [3.63, 3.8) is 0 Å². The first-order valence-corrected chi connectivity index (χ1v) is 5.05. The highest BCUT2D eigenvalue weighted by Gasteiger charge is 2.48. The van der Waals surface area contributed by atoms with Crippen LogP contribution in [0.1, 0.15) is 20.3 Å². The maximum atomic E-state index is 11.0. The first-order valence-electron chi connectivity index (χ1n) is 3.43. The number of carbonyl (C=O) groups is 1. The zero-order valence-electron chi connectivity index (χ0n) is 7.27. The molecule has 0 radical (unpaired) electrons. The van der Waals surface area contributed by atoms with Crippen LogP contribution < -0.4 is 0 Å². The molecule has 5 nitrogen and oxygen atoms in total. The molecule has 0 bridgehead atoms. The lowest BCUT2D eigenvalue weighted by Gasteiger charge is -2.25. The standard InChI is InChI=1S/C6H13O5P/c1-4-6(2,5(7)11-3)12(8,9)10/h4H2,1-3H3,(H2,8,9,10). The normalized spacial score (nSPS) is 16.8. The van der Waals surface area contributed by atoms with Gasteiger partial charge in [0.1, 0.15) is 0 Å². The van der Waals surface area contributed by atoms with Gasteiger partial charge in [-0.25, -0.2) is 0 Å². The van der Waals surface area contributed by atoms with E-state index in [0.717, 1.165) is 7.11 Å². The van der Waals surface area contributed by atoms with Crippen molar-refractivity contribution in [2.75, 3.05) is 7.11 Å². The van der Waals surface area contributed by atoms with Crippen molar-refractivity contribution >= 4 is 13.6 Å². The largest absolute Gasteiger partial charge is 0.468 e. The Kier molecular flexibility index (Phi) is 3.45. The van der Waals surface area contributed by atoms with Gasteiger partial charge >= 0.3 is 13.6 Å². The van der Waals surface area contributed by atoms with Crippen LogP contribution in [-0.2, 0) is 14.1 Å². The average Bonchev–Trinajstić information content (AvgIpc) is 1.99. The third-order valence-electron chi connectivity index (χ3n) is 1.96. The molecule has 2 N–H and O–H groups in total. The lowest BCUT2D eigenvalue weighted by Crippen LogP contribution is -2.35. The predicted molar refractivity (Wildman–Crippen MR) is 42.8 cm³/mol. The Balaban J connectivity index is 4.94. The number of hydrogen-bond donors (Lipinski definition) is 2. The molecule has 0 saturated carbocycles. The molecule has 0 spiro atoms. The van der Waals surface area contributed by atoms with E-state index in [9.17, 15) is 9.36 Å². The molecular weight excluding hydrogens is 183 g/mol. The Hall–Kier alpha value is -0.380. The quantitative estimate of drug-likeness (QED) is 0.507. The highest BCUT2D eigenvalue weighted by Crippen LogP contribution is 2.52. The van der Waals surface area contributed by atoms with Crippen molar-refractivity contribution in [2.24, 2.45) is 0 Å². The first-order chi connectivity index (χ1) is 5.29. The van der Waals surface area contributed by atoms with Crippen molar-refractivity contribution in [1.29, 1.82) is 0 Å². The molecule has 12 heavy (non-hydrogen) atoms. The summed E-state index contributed by atoms with van der Waals surface area (Å²) in [5.74, 6) is -0.877. The van der Waals surface area contributed by atoms with Gasteiger partial charge in [-0.2, -0.15) is 0 Å². The highest BCUT2D eigenvalue weighted by molar-refractivity contribution is 7.54. The molecule has 6 heteroatoms. The maximum absolute atomic E-state index is 11.0. The van der Waals surface area contributed by atoms with E-state index in [4.69, 9.17) is 9.79 Å². The lowest BCUT2D eigenvalue weighted by atomic mass is 10.1. The fraction of sp³-hybridized carbons (Fsp3) is 0.833. The molecule has 0 aliphatic rings. The number of rotatable bonds is 3. The minimum Gasteiger partial charge on any atom is -0.468 e. The minimum absolute atomic E-state index is 0.0456. The summed E-state index contributed by atoms with van der Waals surface area (Å²) in [5, 5.41) is -1.71. The second kappa shape index (κ2) is 3.56. The van der Waals surface area contributed by atoms with E-state index in [1.807, 2.05) is 0 Å². The van der Waals surface area contributed by atoms with Gasteiger partial charge in [-0.3, -0.25) is 9.36 Å². The molecule has 0 fully saturated rings. The zero-order chi connectivity index (χ0) is 9.99. The summed E-state index contributed by atoms with van der Waals surface area (Å²) in [4.78, 5) is 28.7. The van der Waals surface area contributed by atoms with Crippen LogP contribution in [0.3, 0.4) is 0 Å². The summed E-state index contributed by atoms with van der Waals surface area (Å²) in [5.41, 5.74) is 0. The van der Waals surface area contributed by atoms with Gasteiger partial charge in [0.05, 0.1) is 7.11 Å². The predicted octanol–water partition coefficient (Wildman–Crippen LogP) is 0.506. The summed E-state index contributed by atoms with van der Waals surface area (Å²) in [7, 11) is -3.33. The number of hydrogen-bond acceptors (Lipinski definition) is 3. The molecule has 0 aliphatic heterocycles. The van der Waals surface area contributed by atoms with Crippen molar-refractivity contribution in [1.82, 2.24) is 0 Å². The van der Waals surface area contributed by atoms with Gasteiger partial charge < -0.3 is 14.5 Å². The van der Waals surface area contributed by atoms with Crippen LogP contribution in [0.2, 0.25) is 0 Å². The fourth-order valence-electron chi connectivity index (χ4n) is 0.689. The number of esters is 1. The zero-order valence-corrected chi connectivity index (χ0v) is 8.17. The van der Waals surface area contributed by atoms with Crippen molar-refractivity contribution < 1.29 is 23.9 Å². The summed E-state index contributed by atoms with van der Waals surface area (Å²) in [6, 6.07) is 0. The molecule has 0 aromatic heterocycles. The van der Waals surface area contributed by atoms with Gasteiger partial charge in [-0.15, -0.1) is 0 Å². The molecule has 1 unspecified atom stereocenters. The van der Waals surface area contributed by atoms with Crippen molar-refractivity contribution in [2.45, 2.75) is 25.4 Å². The van der Waals surface area contributed by atoms with Gasteiger partial charge in [0.2, 0.25) is 0 Å². The Morgan fingerprint density at radius 3 is 2.08 bits per heavy atom. The van der Waals surface area contributed by atoms with Crippen LogP contribution in [0.5, 0.6) is 0 Å². The Labute approximate surface area is 70.9 Å². The van der Waals surface area contributed by atoms with Crippen LogP contribution >= 0.6 is 7.60 Å². The number of methoxy groups -OCH3 is 1. The van der Waals surface area contributed by atoms with E-state index < -0.39 is 18.7 Å². The van der Waals surface area contributed by atoms with Crippen molar-refractivity contribution in [3.8, 4) is 0 Å². The molecule has 0 rings (SSSR count). The Morgan fingerprint density at radius 1 is 1.58 bits per heavy atom. The van der Waals surface area contributed by atoms with Gasteiger partial charge in [0.15, 0.2) is 5.16 Å². The molecule has 0 heterocycles. The topological polar surface area (TPSA) is 83.8 Å². The van der Waals surface area contributed by atoms with Gasteiger partial charge in [0, 0.05) is 0 Å². The third kappa shape index (κ3) is 1.86. The second-order valence-electron chi connectivity index (χ2n) is 2.66. The highest BCUT2D eigenvalue weighted by atomic mass is 31.2. The Bertz CT molecular complexity index is 220. The monoisotopic (exact) mass is 196 g/mol. The van der Waals surface area contributed by atoms with E-state index in [0.29, 0.717) is 0 Å². The SMILES string of the molecule is CCC(C)(C(=O)OC)P(=O)(O)O. The molecule has 72 valence electrons. The Morgan fingerprint density at radius 2 is 2.00 bits per heavy atom. The number of ether oxygens (including phenoxy) is 1. The van der Waals surface area contributed by atoms with Crippen LogP contribution in [0.4, 0.5) is 0 Å². The summed E-state index contributed by atoms with van der Waals surface area (Å²) in [6.07, 6.45) is 0.0456. The van der Waals surface area contributed by atoms with E-state index in [1.165, 1.54) is 13.8 Å². The lowest BCUT2D eigenvalue weighted by molar-refractivity contribution is -0.143. The smallest absolute Gasteiger partial charge is 0.342 e. The summed E-state index contributed by atoms with van der Waals surface area (Å²) in [6.45, 7) is 2.72. The minimum atomic E-state index is -4.43. The molecule has 0 amide bonds. The molecule has 0 aromatic rings. The second-order valence-corrected chi connectivity index (χ2v) is 4.74. The summed E-state index contributed by atoms with van der Waals surface area (Å²) >= 11 is 0. The number of carbonyl (C=O) groups excluding carboxylic acids is 1. The van der Waals surface area contributed by atoms with Crippen LogP contribution in [0, 0.1) is 0 Å². The third-order valence-corrected chi connectivity index (χ3v) is 3.74. The maximum Gasteiger partial charge on any atom is 0.342 e. The molecule has 1 atom stereocenters.